The number of nitrogens with zero attached hydrogens (tertiary/aromatic N) is 1. The number of carbonyl (C=O) groups is 1. The summed E-state index contributed by atoms with van der Waals surface area (Å²) >= 11 is 0. The summed E-state index contributed by atoms with van der Waals surface area (Å²) in [6.45, 7) is 1.11. The van der Waals surface area contributed by atoms with Gasteiger partial charge in [0, 0.05) is 19.5 Å². The fourth-order valence-electron chi connectivity index (χ4n) is 4.05. The number of rotatable bonds is 6. The van der Waals surface area contributed by atoms with Crippen LogP contribution in [0.5, 0.6) is 5.75 Å². The molecule has 2 aliphatic rings. The number of sulfonamides is 1. The van der Waals surface area contributed by atoms with Crippen molar-refractivity contribution in [2.24, 2.45) is 5.92 Å². The minimum Gasteiger partial charge on any atom is -0.495 e. The minimum atomic E-state index is -3.55. The van der Waals surface area contributed by atoms with Gasteiger partial charge in [-0.25, -0.2) is 8.42 Å². The molecule has 3 rings (SSSR count). The zero-order valence-electron chi connectivity index (χ0n) is 16.1. The first-order valence-corrected chi connectivity index (χ1v) is 11.4. The number of piperidine rings is 1. The van der Waals surface area contributed by atoms with Crippen LogP contribution in [0.3, 0.4) is 0 Å². The molecule has 1 heterocycles. The molecule has 0 radical (unpaired) electrons. The van der Waals surface area contributed by atoms with E-state index in [0.717, 1.165) is 32.1 Å². The highest BCUT2D eigenvalue weighted by Crippen LogP contribution is 2.31. The van der Waals surface area contributed by atoms with Gasteiger partial charge in [-0.1, -0.05) is 25.7 Å². The van der Waals surface area contributed by atoms with E-state index in [0.29, 0.717) is 36.9 Å². The van der Waals surface area contributed by atoms with Gasteiger partial charge in [0.15, 0.2) is 0 Å². The number of amides is 1. The molecule has 0 aromatic heterocycles. The molecule has 6 nitrogen and oxygen atoms in total. The van der Waals surface area contributed by atoms with Gasteiger partial charge in [-0.2, -0.15) is 4.31 Å². The molecule has 0 spiro atoms. The largest absolute Gasteiger partial charge is 0.495 e. The normalized spacial score (nSPS) is 19.6. The highest BCUT2D eigenvalue weighted by Gasteiger charge is 2.27. The zero-order valence-corrected chi connectivity index (χ0v) is 16.9. The van der Waals surface area contributed by atoms with Crippen LogP contribution in [-0.4, -0.2) is 38.8 Å². The second-order valence-corrected chi connectivity index (χ2v) is 9.52. The average Bonchev–Trinajstić information content (AvgIpc) is 2.69. The smallest absolute Gasteiger partial charge is 0.243 e. The fourth-order valence-corrected chi connectivity index (χ4v) is 5.60. The predicted molar refractivity (Wildman–Crippen MR) is 105 cm³/mol. The number of carbonyl (C=O) groups excluding carboxylic acids is 1. The summed E-state index contributed by atoms with van der Waals surface area (Å²) in [5, 5.41) is 2.88. The van der Waals surface area contributed by atoms with E-state index in [9.17, 15) is 13.2 Å². The lowest BCUT2D eigenvalue weighted by Crippen LogP contribution is -2.35. The van der Waals surface area contributed by atoms with Gasteiger partial charge in [-0.05, 0) is 49.8 Å². The van der Waals surface area contributed by atoms with Gasteiger partial charge in [0.2, 0.25) is 15.9 Å². The van der Waals surface area contributed by atoms with Gasteiger partial charge < -0.3 is 10.1 Å². The summed E-state index contributed by atoms with van der Waals surface area (Å²) < 4.78 is 32.7. The van der Waals surface area contributed by atoms with Crippen molar-refractivity contribution in [1.29, 1.82) is 0 Å². The molecule has 1 aromatic carbocycles. The van der Waals surface area contributed by atoms with Crippen LogP contribution in [0.2, 0.25) is 0 Å². The number of hydrogen-bond acceptors (Lipinski definition) is 4. The van der Waals surface area contributed by atoms with Crippen molar-refractivity contribution in [3.8, 4) is 5.75 Å². The lowest BCUT2D eigenvalue weighted by molar-refractivity contribution is -0.117. The van der Waals surface area contributed by atoms with Crippen LogP contribution in [0, 0.1) is 5.92 Å². The van der Waals surface area contributed by atoms with Crippen LogP contribution in [0.25, 0.3) is 0 Å². The van der Waals surface area contributed by atoms with Crippen molar-refractivity contribution >= 4 is 21.6 Å². The molecule has 0 atom stereocenters. The van der Waals surface area contributed by atoms with Crippen molar-refractivity contribution in [3.05, 3.63) is 18.2 Å². The molecule has 0 bridgehead atoms. The quantitative estimate of drug-likeness (QED) is 0.797. The number of methoxy groups -OCH3 is 1. The van der Waals surface area contributed by atoms with Crippen LogP contribution < -0.4 is 10.1 Å². The van der Waals surface area contributed by atoms with Crippen LogP contribution >= 0.6 is 0 Å². The Bertz CT molecular complexity index is 751. The monoisotopic (exact) mass is 394 g/mol. The molecule has 1 aromatic rings. The standard InChI is InChI=1S/C20H30N2O4S/c1-26-19-11-10-17(27(24,25)22-12-6-3-7-13-22)15-18(19)21-20(23)14-16-8-4-2-5-9-16/h10-11,15-16H,2-9,12-14H2,1H3,(H,21,23). The maximum Gasteiger partial charge on any atom is 0.243 e. The molecule has 150 valence electrons. The van der Waals surface area contributed by atoms with Crippen LogP contribution in [-0.2, 0) is 14.8 Å². The van der Waals surface area contributed by atoms with Gasteiger partial charge in [0.25, 0.3) is 0 Å². The predicted octanol–water partition coefficient (Wildman–Crippen LogP) is 3.78. The lowest BCUT2D eigenvalue weighted by Gasteiger charge is -2.26. The Balaban J connectivity index is 1.75. The lowest BCUT2D eigenvalue weighted by atomic mass is 9.87. The van der Waals surface area contributed by atoms with E-state index in [4.69, 9.17) is 4.74 Å². The topological polar surface area (TPSA) is 75.7 Å². The third-order valence-corrected chi connectivity index (χ3v) is 7.49. The van der Waals surface area contributed by atoms with Gasteiger partial charge in [0.1, 0.15) is 5.75 Å². The summed E-state index contributed by atoms with van der Waals surface area (Å²) in [5.41, 5.74) is 0.427. The van der Waals surface area contributed by atoms with Crippen molar-refractivity contribution < 1.29 is 17.9 Å². The molecule has 27 heavy (non-hydrogen) atoms. The molecule has 7 heteroatoms. The molecular weight excluding hydrogens is 364 g/mol. The van der Waals surface area contributed by atoms with Gasteiger partial charge in [-0.3, -0.25) is 4.79 Å². The van der Waals surface area contributed by atoms with Gasteiger partial charge in [-0.15, -0.1) is 0 Å². The minimum absolute atomic E-state index is 0.0762. The summed E-state index contributed by atoms with van der Waals surface area (Å²) in [6.07, 6.45) is 9.13. The first kappa shape index (κ1) is 20.1. The van der Waals surface area contributed by atoms with Crippen molar-refractivity contribution in [2.45, 2.75) is 62.7 Å². The maximum absolute atomic E-state index is 12.9. The number of anilines is 1. The molecule has 1 saturated carbocycles. The van der Waals surface area contributed by atoms with Gasteiger partial charge >= 0.3 is 0 Å². The molecule has 1 amide bonds. The van der Waals surface area contributed by atoms with Crippen molar-refractivity contribution in [2.75, 3.05) is 25.5 Å². The summed E-state index contributed by atoms with van der Waals surface area (Å²) in [5.74, 6) is 0.822. The van der Waals surface area contributed by atoms with Crippen LogP contribution in [0.15, 0.2) is 23.1 Å². The maximum atomic E-state index is 12.9. The van der Waals surface area contributed by atoms with Crippen molar-refractivity contribution in [1.82, 2.24) is 4.31 Å². The Morgan fingerprint density at radius 3 is 2.44 bits per heavy atom. The summed E-state index contributed by atoms with van der Waals surface area (Å²) in [7, 11) is -2.03. The molecule has 1 aliphatic heterocycles. The van der Waals surface area contributed by atoms with Crippen LogP contribution in [0.1, 0.15) is 57.8 Å². The van der Waals surface area contributed by atoms with E-state index in [-0.39, 0.29) is 10.8 Å². The summed E-state index contributed by atoms with van der Waals surface area (Å²) in [6, 6.07) is 4.70. The second kappa shape index (κ2) is 9.06. The molecule has 1 aliphatic carbocycles. The van der Waals surface area contributed by atoms with Crippen molar-refractivity contribution in [3.63, 3.8) is 0 Å². The number of benzene rings is 1. The Kier molecular flexibility index (Phi) is 6.76. The number of hydrogen-bond donors (Lipinski definition) is 1. The second-order valence-electron chi connectivity index (χ2n) is 7.58. The Morgan fingerprint density at radius 1 is 1.11 bits per heavy atom. The van der Waals surface area contributed by atoms with E-state index in [1.54, 1.807) is 12.1 Å². The molecule has 1 N–H and O–H groups in total. The van der Waals surface area contributed by atoms with E-state index < -0.39 is 10.0 Å². The van der Waals surface area contributed by atoms with E-state index in [2.05, 4.69) is 5.32 Å². The summed E-state index contributed by atoms with van der Waals surface area (Å²) in [4.78, 5) is 12.7. The first-order chi connectivity index (χ1) is 13.0. The van der Waals surface area contributed by atoms with Gasteiger partial charge in [0.05, 0.1) is 17.7 Å². The SMILES string of the molecule is COc1ccc(S(=O)(=O)N2CCCCC2)cc1NC(=O)CC1CCCCC1. The Morgan fingerprint density at radius 2 is 1.78 bits per heavy atom. The third-order valence-electron chi connectivity index (χ3n) is 5.60. The zero-order chi connectivity index (χ0) is 19.3. The fraction of sp³-hybridized carbons (Fsp3) is 0.650. The Labute approximate surface area is 162 Å². The third kappa shape index (κ3) is 5.02. The molecule has 2 fully saturated rings. The molecule has 1 saturated heterocycles. The van der Waals surface area contributed by atoms with E-state index in [1.165, 1.54) is 36.7 Å². The highest BCUT2D eigenvalue weighted by atomic mass is 32.2. The number of nitrogens with one attached hydrogen (secondary N) is 1. The highest BCUT2D eigenvalue weighted by molar-refractivity contribution is 7.89. The molecule has 0 unspecified atom stereocenters. The first-order valence-electron chi connectivity index (χ1n) is 9.99. The van der Waals surface area contributed by atoms with E-state index >= 15 is 0 Å². The Hall–Kier alpha value is -1.60. The van der Waals surface area contributed by atoms with E-state index in [1.807, 2.05) is 0 Å². The number of ether oxygens (including phenoxy) is 1. The average molecular weight is 395 g/mol. The molecular formula is C20H30N2O4S. The van der Waals surface area contributed by atoms with Crippen LogP contribution in [0.4, 0.5) is 5.69 Å².